The molecule has 3 rings (SSSR count). The van der Waals surface area contributed by atoms with Crippen LogP contribution in [0.1, 0.15) is 48.2 Å². The fourth-order valence-corrected chi connectivity index (χ4v) is 3.82. The van der Waals surface area contributed by atoms with Gasteiger partial charge in [-0.25, -0.2) is 4.79 Å². The lowest BCUT2D eigenvalue weighted by atomic mass is 9.78. The first-order valence-electron chi connectivity index (χ1n) is 8.80. The molecule has 5 heteroatoms. The molecule has 1 aromatic rings. The predicted octanol–water partition coefficient (Wildman–Crippen LogP) is 2.39. The van der Waals surface area contributed by atoms with E-state index in [9.17, 15) is 9.59 Å². The van der Waals surface area contributed by atoms with Gasteiger partial charge in [0.25, 0.3) is 0 Å². The molecule has 0 aliphatic carbocycles. The molecule has 1 N–H and O–H groups in total. The van der Waals surface area contributed by atoms with Gasteiger partial charge in [-0.2, -0.15) is 0 Å². The molecule has 0 bridgehead atoms. The number of benzene rings is 1. The number of hydrogen-bond acceptors (Lipinski definition) is 3. The molecule has 2 aliphatic heterocycles. The van der Waals surface area contributed by atoms with Crippen LogP contribution in [0.15, 0.2) is 18.2 Å². The van der Waals surface area contributed by atoms with Crippen molar-refractivity contribution < 1.29 is 14.7 Å². The Morgan fingerprint density at radius 1 is 1.17 bits per heavy atom. The molecule has 1 saturated heterocycles. The van der Waals surface area contributed by atoms with Gasteiger partial charge in [-0.05, 0) is 62.2 Å². The Kier molecular flexibility index (Phi) is 4.63. The lowest BCUT2D eigenvalue weighted by molar-refractivity contribution is -0.145. The maximum Gasteiger partial charge on any atom is 0.335 e. The van der Waals surface area contributed by atoms with E-state index in [2.05, 4.69) is 18.7 Å². The van der Waals surface area contributed by atoms with Crippen LogP contribution in [-0.4, -0.2) is 53.0 Å². The van der Waals surface area contributed by atoms with Gasteiger partial charge in [-0.3, -0.25) is 4.79 Å². The van der Waals surface area contributed by atoms with Gasteiger partial charge in [0.2, 0.25) is 5.91 Å². The topological polar surface area (TPSA) is 60.9 Å². The molecule has 130 valence electrons. The quantitative estimate of drug-likeness (QED) is 0.924. The van der Waals surface area contributed by atoms with E-state index in [-0.39, 0.29) is 11.3 Å². The zero-order valence-electron chi connectivity index (χ0n) is 14.5. The predicted molar refractivity (Wildman–Crippen MR) is 92.0 cm³/mol. The average molecular weight is 330 g/mol. The normalized spacial score (nSPS) is 20.5. The van der Waals surface area contributed by atoms with Crippen LogP contribution in [0.4, 0.5) is 0 Å². The van der Waals surface area contributed by atoms with Crippen LogP contribution in [-0.2, 0) is 17.8 Å². The van der Waals surface area contributed by atoms with Crippen LogP contribution in [0.3, 0.4) is 0 Å². The van der Waals surface area contributed by atoms with Crippen LogP contribution in [0.25, 0.3) is 0 Å². The third-order valence-electron chi connectivity index (χ3n) is 5.68. The summed E-state index contributed by atoms with van der Waals surface area (Å²) in [6.07, 6.45) is 2.57. The number of amides is 1. The Balaban J connectivity index is 1.71. The number of likely N-dealkylation sites (tertiary alicyclic amines) is 1. The second-order valence-corrected chi connectivity index (χ2v) is 7.26. The van der Waals surface area contributed by atoms with E-state index in [1.165, 1.54) is 0 Å². The van der Waals surface area contributed by atoms with Gasteiger partial charge in [0.1, 0.15) is 0 Å². The minimum Gasteiger partial charge on any atom is -0.478 e. The summed E-state index contributed by atoms with van der Waals surface area (Å²) in [6.45, 7) is 8.58. The maximum absolute atomic E-state index is 13.1. The smallest absolute Gasteiger partial charge is 0.335 e. The van der Waals surface area contributed by atoms with E-state index in [0.717, 1.165) is 50.0 Å². The Labute approximate surface area is 143 Å². The number of piperidine rings is 1. The summed E-state index contributed by atoms with van der Waals surface area (Å²) >= 11 is 0. The highest BCUT2D eigenvalue weighted by atomic mass is 16.4. The molecule has 0 aromatic heterocycles. The van der Waals surface area contributed by atoms with E-state index < -0.39 is 5.97 Å². The second kappa shape index (κ2) is 6.55. The van der Waals surface area contributed by atoms with E-state index in [0.29, 0.717) is 18.7 Å². The van der Waals surface area contributed by atoms with Gasteiger partial charge in [-0.15, -0.1) is 0 Å². The zero-order valence-corrected chi connectivity index (χ0v) is 14.5. The highest BCUT2D eigenvalue weighted by molar-refractivity contribution is 5.88. The molecular formula is C19H26N2O3. The molecule has 2 aliphatic rings. The van der Waals surface area contributed by atoms with E-state index in [1.54, 1.807) is 12.1 Å². The molecule has 0 atom stereocenters. The molecule has 0 radical (unpaired) electrons. The number of hydrogen-bond donors (Lipinski definition) is 1. The highest BCUT2D eigenvalue weighted by Crippen LogP contribution is 2.34. The number of carbonyl (C=O) groups is 2. The third kappa shape index (κ3) is 3.18. The minimum absolute atomic E-state index is 0.256. The van der Waals surface area contributed by atoms with Crippen molar-refractivity contribution >= 4 is 11.9 Å². The van der Waals surface area contributed by atoms with E-state index >= 15 is 0 Å². The Hall–Kier alpha value is -1.88. The largest absolute Gasteiger partial charge is 0.478 e. The molecule has 2 heterocycles. The Bertz CT molecular complexity index is 648. The summed E-state index contributed by atoms with van der Waals surface area (Å²) in [7, 11) is 0. The number of carbonyl (C=O) groups excluding carboxylic acids is 1. The monoisotopic (exact) mass is 330 g/mol. The van der Waals surface area contributed by atoms with Crippen molar-refractivity contribution in [2.45, 2.75) is 39.7 Å². The van der Waals surface area contributed by atoms with Crippen LogP contribution < -0.4 is 0 Å². The van der Waals surface area contributed by atoms with Crippen molar-refractivity contribution in [2.75, 3.05) is 26.2 Å². The van der Waals surface area contributed by atoms with Crippen LogP contribution in [0.5, 0.6) is 0 Å². The molecule has 0 unspecified atom stereocenters. The molecule has 1 aromatic carbocycles. The van der Waals surface area contributed by atoms with Crippen molar-refractivity contribution in [3.05, 3.63) is 34.9 Å². The number of nitrogens with zero attached hydrogens (tertiary/aromatic N) is 2. The van der Waals surface area contributed by atoms with Crippen LogP contribution in [0, 0.1) is 5.41 Å². The number of rotatable bonds is 3. The Morgan fingerprint density at radius 2 is 1.88 bits per heavy atom. The van der Waals surface area contributed by atoms with Gasteiger partial charge in [0.05, 0.1) is 5.56 Å². The number of fused-ring (bicyclic) bond motifs is 1. The second-order valence-electron chi connectivity index (χ2n) is 7.26. The molecular weight excluding hydrogens is 304 g/mol. The van der Waals surface area contributed by atoms with Crippen molar-refractivity contribution in [1.82, 2.24) is 9.80 Å². The van der Waals surface area contributed by atoms with E-state index in [4.69, 9.17) is 5.11 Å². The fourth-order valence-electron chi connectivity index (χ4n) is 3.82. The molecule has 5 nitrogen and oxygen atoms in total. The third-order valence-corrected chi connectivity index (χ3v) is 5.68. The van der Waals surface area contributed by atoms with Gasteiger partial charge in [0.15, 0.2) is 0 Å². The fraction of sp³-hybridized carbons (Fsp3) is 0.579. The first kappa shape index (κ1) is 17.0. The first-order valence-corrected chi connectivity index (χ1v) is 8.80. The lowest BCUT2D eigenvalue weighted by Gasteiger charge is -2.42. The van der Waals surface area contributed by atoms with Crippen LogP contribution in [0.2, 0.25) is 0 Å². The van der Waals surface area contributed by atoms with Crippen molar-refractivity contribution in [3.63, 3.8) is 0 Å². The highest BCUT2D eigenvalue weighted by Gasteiger charge is 2.39. The molecule has 1 fully saturated rings. The van der Waals surface area contributed by atoms with Gasteiger partial charge in [-0.1, -0.05) is 19.9 Å². The summed E-state index contributed by atoms with van der Waals surface area (Å²) in [5.74, 6) is -0.641. The number of carboxylic acids is 1. The molecule has 0 saturated carbocycles. The summed E-state index contributed by atoms with van der Waals surface area (Å²) in [5, 5.41) is 9.10. The number of carboxylic acid groups (broad SMARTS) is 1. The summed E-state index contributed by atoms with van der Waals surface area (Å²) in [5.41, 5.74) is 2.20. The lowest BCUT2D eigenvalue weighted by Crippen LogP contribution is -2.49. The van der Waals surface area contributed by atoms with Crippen molar-refractivity contribution in [2.24, 2.45) is 5.41 Å². The van der Waals surface area contributed by atoms with Gasteiger partial charge in [0, 0.05) is 18.5 Å². The SMILES string of the molecule is CCN1CCC(C)(C(=O)N2CCc3cc(C(=O)O)ccc3C2)CC1. The zero-order chi connectivity index (χ0) is 17.3. The maximum atomic E-state index is 13.1. The van der Waals surface area contributed by atoms with Crippen molar-refractivity contribution in [3.8, 4) is 0 Å². The Morgan fingerprint density at radius 3 is 2.50 bits per heavy atom. The molecule has 0 spiro atoms. The number of aromatic carboxylic acids is 1. The van der Waals surface area contributed by atoms with Gasteiger partial charge < -0.3 is 14.9 Å². The van der Waals surface area contributed by atoms with E-state index in [1.807, 2.05) is 11.0 Å². The first-order chi connectivity index (χ1) is 11.4. The minimum atomic E-state index is -0.897. The summed E-state index contributed by atoms with van der Waals surface area (Å²) in [6, 6.07) is 5.25. The van der Waals surface area contributed by atoms with Crippen molar-refractivity contribution in [1.29, 1.82) is 0 Å². The van der Waals surface area contributed by atoms with Gasteiger partial charge >= 0.3 is 5.97 Å². The molecule has 24 heavy (non-hydrogen) atoms. The summed E-state index contributed by atoms with van der Waals surface area (Å²) < 4.78 is 0. The average Bonchev–Trinajstić information content (AvgIpc) is 2.60. The standard InChI is InChI=1S/C19H26N2O3/c1-3-20-10-7-19(2,8-11-20)18(24)21-9-6-14-12-15(17(22)23)4-5-16(14)13-21/h4-5,12H,3,6-11,13H2,1-2H3,(H,22,23). The summed E-state index contributed by atoms with van der Waals surface area (Å²) in [4.78, 5) is 28.5. The molecule has 1 amide bonds. The van der Waals surface area contributed by atoms with Crippen LogP contribution >= 0.6 is 0 Å².